The number of nitrogens with zero attached hydrogens (tertiary/aromatic N) is 2. The highest BCUT2D eigenvalue weighted by molar-refractivity contribution is 5.78. The number of likely N-dealkylation sites (tertiary alicyclic amines) is 1. The number of hydrogen-bond donors (Lipinski definition) is 3. The average molecular weight is 315 g/mol. The second-order valence-corrected chi connectivity index (χ2v) is 5.80. The van der Waals surface area contributed by atoms with E-state index in [9.17, 15) is 9.59 Å². The van der Waals surface area contributed by atoms with E-state index >= 15 is 0 Å². The molecular formula is C16H21N5O2. The van der Waals surface area contributed by atoms with Crippen LogP contribution in [-0.2, 0) is 4.79 Å². The fourth-order valence-corrected chi connectivity index (χ4v) is 2.87. The second-order valence-electron chi connectivity index (χ2n) is 5.80. The Kier molecular flexibility index (Phi) is 4.57. The Morgan fingerprint density at radius 3 is 2.83 bits per heavy atom. The van der Waals surface area contributed by atoms with E-state index in [1.54, 1.807) is 13.1 Å². The molecule has 7 heteroatoms. The lowest BCUT2D eigenvalue weighted by Gasteiger charge is -2.31. The molecule has 122 valence electrons. The molecule has 1 aliphatic rings. The Labute approximate surface area is 134 Å². The molecule has 23 heavy (non-hydrogen) atoms. The summed E-state index contributed by atoms with van der Waals surface area (Å²) in [6.07, 6.45) is 1.82. The van der Waals surface area contributed by atoms with Crippen molar-refractivity contribution in [2.24, 2.45) is 0 Å². The van der Waals surface area contributed by atoms with Crippen LogP contribution in [0.4, 0.5) is 5.95 Å². The van der Waals surface area contributed by atoms with Crippen molar-refractivity contribution in [2.45, 2.75) is 18.9 Å². The molecule has 2 heterocycles. The SMILES string of the molecule is CNC(=O)CN1CCC(Nc2nc3ccccc3c(=O)[nH]2)CC1. The number of likely N-dealkylation sites (N-methyl/N-ethyl adjacent to an activating group) is 1. The van der Waals surface area contributed by atoms with Crippen molar-refractivity contribution >= 4 is 22.8 Å². The summed E-state index contributed by atoms with van der Waals surface area (Å²) in [5.74, 6) is 0.551. The maximum atomic E-state index is 12.1. The summed E-state index contributed by atoms with van der Waals surface area (Å²) in [6, 6.07) is 7.55. The molecule has 7 nitrogen and oxygen atoms in total. The fourth-order valence-electron chi connectivity index (χ4n) is 2.87. The molecule has 0 atom stereocenters. The van der Waals surface area contributed by atoms with Crippen LogP contribution in [0.5, 0.6) is 0 Å². The zero-order valence-electron chi connectivity index (χ0n) is 13.1. The molecule has 0 saturated carbocycles. The number of hydrogen-bond acceptors (Lipinski definition) is 5. The molecule has 3 N–H and O–H groups in total. The predicted molar refractivity (Wildman–Crippen MR) is 89.5 cm³/mol. The van der Waals surface area contributed by atoms with Gasteiger partial charge in [0.15, 0.2) is 0 Å². The quantitative estimate of drug-likeness (QED) is 0.766. The Hall–Kier alpha value is -2.41. The molecular weight excluding hydrogens is 294 g/mol. The maximum Gasteiger partial charge on any atom is 0.260 e. The Morgan fingerprint density at radius 2 is 2.09 bits per heavy atom. The monoisotopic (exact) mass is 315 g/mol. The molecule has 1 aliphatic heterocycles. The topological polar surface area (TPSA) is 90.1 Å². The molecule has 0 spiro atoms. The first-order valence-corrected chi connectivity index (χ1v) is 7.84. The molecule has 0 aliphatic carbocycles. The summed E-state index contributed by atoms with van der Waals surface area (Å²) in [7, 11) is 1.65. The van der Waals surface area contributed by atoms with Gasteiger partial charge >= 0.3 is 0 Å². The standard InChI is InChI=1S/C16H21N5O2/c1-17-14(22)10-21-8-6-11(7-9-21)18-16-19-13-5-3-2-4-12(13)15(23)20-16/h2-5,11H,6-10H2,1H3,(H,17,22)(H2,18,19,20,23). The maximum absolute atomic E-state index is 12.1. The van der Waals surface area contributed by atoms with Gasteiger partial charge < -0.3 is 10.6 Å². The van der Waals surface area contributed by atoms with Gasteiger partial charge in [-0.15, -0.1) is 0 Å². The summed E-state index contributed by atoms with van der Waals surface area (Å²) in [5.41, 5.74) is 0.561. The number of piperidine rings is 1. The Bertz CT molecular complexity index is 749. The molecule has 0 bridgehead atoms. The first-order valence-electron chi connectivity index (χ1n) is 7.84. The van der Waals surface area contributed by atoms with Crippen LogP contribution in [0, 0.1) is 0 Å². The highest BCUT2D eigenvalue weighted by Gasteiger charge is 2.21. The van der Waals surface area contributed by atoms with E-state index in [-0.39, 0.29) is 17.5 Å². The van der Waals surface area contributed by atoms with Gasteiger partial charge in [-0.05, 0) is 25.0 Å². The van der Waals surface area contributed by atoms with Crippen LogP contribution in [0.2, 0.25) is 0 Å². The molecule has 1 fully saturated rings. The van der Waals surface area contributed by atoms with Crippen LogP contribution >= 0.6 is 0 Å². The van der Waals surface area contributed by atoms with Crippen molar-refractivity contribution in [2.75, 3.05) is 32.0 Å². The summed E-state index contributed by atoms with van der Waals surface area (Å²) < 4.78 is 0. The number of fused-ring (bicyclic) bond motifs is 1. The third-order valence-electron chi connectivity index (χ3n) is 4.19. The average Bonchev–Trinajstić information content (AvgIpc) is 2.56. The lowest BCUT2D eigenvalue weighted by Crippen LogP contribution is -2.43. The van der Waals surface area contributed by atoms with Crippen molar-refractivity contribution in [1.29, 1.82) is 0 Å². The predicted octanol–water partition coefficient (Wildman–Crippen LogP) is 0.545. The van der Waals surface area contributed by atoms with Gasteiger partial charge in [-0.25, -0.2) is 4.98 Å². The number of para-hydroxylation sites is 1. The van der Waals surface area contributed by atoms with Crippen LogP contribution in [0.3, 0.4) is 0 Å². The van der Waals surface area contributed by atoms with E-state index in [1.807, 2.05) is 18.2 Å². The number of benzene rings is 1. The Morgan fingerprint density at radius 1 is 1.35 bits per heavy atom. The molecule has 0 unspecified atom stereocenters. The molecule has 1 aromatic carbocycles. The van der Waals surface area contributed by atoms with Gasteiger partial charge in [0.25, 0.3) is 5.56 Å². The van der Waals surface area contributed by atoms with Crippen molar-refractivity contribution < 1.29 is 4.79 Å². The van der Waals surface area contributed by atoms with Gasteiger partial charge in [0.2, 0.25) is 11.9 Å². The van der Waals surface area contributed by atoms with E-state index in [1.165, 1.54) is 0 Å². The number of rotatable bonds is 4. The molecule has 1 amide bonds. The third-order valence-corrected chi connectivity index (χ3v) is 4.19. The molecule has 3 rings (SSSR count). The zero-order chi connectivity index (χ0) is 16.2. The molecule has 0 radical (unpaired) electrons. The van der Waals surface area contributed by atoms with Crippen LogP contribution in [0.25, 0.3) is 10.9 Å². The van der Waals surface area contributed by atoms with E-state index in [4.69, 9.17) is 0 Å². The number of nitrogens with one attached hydrogen (secondary N) is 3. The summed E-state index contributed by atoms with van der Waals surface area (Å²) in [6.45, 7) is 2.14. The number of aromatic nitrogens is 2. The Balaban J connectivity index is 1.63. The summed E-state index contributed by atoms with van der Waals surface area (Å²) >= 11 is 0. The zero-order valence-corrected chi connectivity index (χ0v) is 13.1. The first-order chi connectivity index (χ1) is 11.2. The first kappa shape index (κ1) is 15.5. The van der Waals surface area contributed by atoms with Crippen molar-refractivity contribution in [3.05, 3.63) is 34.6 Å². The highest BCUT2D eigenvalue weighted by Crippen LogP contribution is 2.15. The largest absolute Gasteiger partial charge is 0.358 e. The van der Waals surface area contributed by atoms with Gasteiger partial charge in [-0.3, -0.25) is 19.5 Å². The second kappa shape index (κ2) is 6.78. The van der Waals surface area contributed by atoms with Gasteiger partial charge in [-0.1, -0.05) is 12.1 Å². The molecule has 1 saturated heterocycles. The van der Waals surface area contributed by atoms with Crippen LogP contribution in [0.1, 0.15) is 12.8 Å². The number of amides is 1. The van der Waals surface area contributed by atoms with Gasteiger partial charge in [0.05, 0.1) is 17.4 Å². The lowest BCUT2D eigenvalue weighted by atomic mass is 10.1. The number of anilines is 1. The third kappa shape index (κ3) is 3.68. The minimum Gasteiger partial charge on any atom is -0.358 e. The highest BCUT2D eigenvalue weighted by atomic mass is 16.2. The minimum absolute atomic E-state index is 0.0388. The number of carbonyl (C=O) groups is 1. The van der Waals surface area contributed by atoms with Crippen molar-refractivity contribution in [3.63, 3.8) is 0 Å². The lowest BCUT2D eigenvalue weighted by molar-refractivity contribution is -0.122. The van der Waals surface area contributed by atoms with Crippen LogP contribution in [-0.4, -0.2) is 53.5 Å². The van der Waals surface area contributed by atoms with Gasteiger partial charge in [-0.2, -0.15) is 0 Å². The van der Waals surface area contributed by atoms with E-state index in [0.717, 1.165) is 25.9 Å². The van der Waals surface area contributed by atoms with Crippen LogP contribution < -0.4 is 16.2 Å². The van der Waals surface area contributed by atoms with E-state index < -0.39 is 0 Å². The number of aromatic amines is 1. The summed E-state index contributed by atoms with van der Waals surface area (Å²) in [5, 5.41) is 6.54. The fraction of sp³-hybridized carbons (Fsp3) is 0.438. The van der Waals surface area contributed by atoms with Crippen molar-refractivity contribution in [1.82, 2.24) is 20.2 Å². The molecule has 1 aromatic heterocycles. The van der Waals surface area contributed by atoms with Gasteiger partial charge in [0.1, 0.15) is 0 Å². The number of H-pyrrole nitrogens is 1. The van der Waals surface area contributed by atoms with Crippen molar-refractivity contribution in [3.8, 4) is 0 Å². The normalized spacial score (nSPS) is 16.4. The van der Waals surface area contributed by atoms with Crippen LogP contribution in [0.15, 0.2) is 29.1 Å². The van der Waals surface area contributed by atoms with Gasteiger partial charge in [0, 0.05) is 26.2 Å². The number of carbonyl (C=O) groups excluding carboxylic acids is 1. The summed E-state index contributed by atoms with van der Waals surface area (Å²) in [4.78, 5) is 32.8. The smallest absolute Gasteiger partial charge is 0.260 e. The van der Waals surface area contributed by atoms with E-state index in [2.05, 4.69) is 25.5 Å². The molecule has 2 aromatic rings. The van der Waals surface area contributed by atoms with E-state index in [0.29, 0.717) is 23.4 Å². The minimum atomic E-state index is -0.129.